The summed E-state index contributed by atoms with van der Waals surface area (Å²) in [6, 6.07) is 10.1. The Hall–Kier alpha value is -3.99. The van der Waals surface area contributed by atoms with Crippen molar-refractivity contribution in [3.8, 4) is 17.2 Å². The Morgan fingerprint density at radius 2 is 2.00 bits per heavy atom. The van der Waals surface area contributed by atoms with E-state index in [0.29, 0.717) is 41.3 Å². The Morgan fingerprint density at radius 3 is 2.73 bits per heavy atom. The van der Waals surface area contributed by atoms with E-state index in [2.05, 4.69) is 41.5 Å². The number of amides is 2. The zero-order valence-electron chi connectivity index (χ0n) is 15.5. The fourth-order valence-electron chi connectivity index (χ4n) is 2.44. The Morgan fingerprint density at radius 1 is 1.13 bits per heavy atom. The van der Waals surface area contributed by atoms with Gasteiger partial charge in [0.1, 0.15) is 6.33 Å². The molecule has 30 heavy (non-hydrogen) atoms. The smallest absolute Gasteiger partial charge is 0.333 e. The number of hydrazine groups is 1. The molecule has 3 aromatic heterocycles. The first-order chi connectivity index (χ1) is 14.7. The quantitative estimate of drug-likeness (QED) is 0.383. The SMILES string of the molecule is O=C(NCCc1nc(-c2ccc(Cl)cc2)no1)NNc1ccc(-n2ccnc2)nn1. The van der Waals surface area contributed by atoms with Gasteiger partial charge in [0.05, 0.1) is 0 Å². The molecule has 0 aliphatic heterocycles. The number of urea groups is 1. The first-order valence-corrected chi connectivity index (χ1v) is 9.25. The summed E-state index contributed by atoms with van der Waals surface area (Å²) in [7, 11) is 0. The fraction of sp³-hybridized carbons (Fsp3) is 0.111. The van der Waals surface area contributed by atoms with Crippen molar-refractivity contribution in [2.75, 3.05) is 12.0 Å². The van der Waals surface area contributed by atoms with Crippen molar-refractivity contribution in [2.24, 2.45) is 0 Å². The number of carbonyl (C=O) groups excluding carboxylic acids is 1. The minimum Gasteiger partial charge on any atom is -0.339 e. The molecular weight excluding hydrogens is 410 g/mol. The van der Waals surface area contributed by atoms with Crippen molar-refractivity contribution in [3.05, 3.63) is 66.0 Å². The van der Waals surface area contributed by atoms with Crippen molar-refractivity contribution < 1.29 is 9.32 Å². The van der Waals surface area contributed by atoms with Gasteiger partial charge in [-0.15, -0.1) is 10.2 Å². The highest BCUT2D eigenvalue weighted by Gasteiger charge is 2.09. The van der Waals surface area contributed by atoms with Gasteiger partial charge in [-0.1, -0.05) is 16.8 Å². The van der Waals surface area contributed by atoms with Gasteiger partial charge in [-0.05, 0) is 36.4 Å². The molecule has 3 N–H and O–H groups in total. The summed E-state index contributed by atoms with van der Waals surface area (Å²) in [5.74, 6) is 1.87. The highest BCUT2D eigenvalue weighted by Crippen LogP contribution is 2.18. The van der Waals surface area contributed by atoms with Crippen LogP contribution in [0.2, 0.25) is 5.02 Å². The lowest BCUT2D eigenvalue weighted by Crippen LogP contribution is -2.40. The van der Waals surface area contributed by atoms with Gasteiger partial charge in [0.2, 0.25) is 11.7 Å². The van der Waals surface area contributed by atoms with Crippen molar-refractivity contribution in [1.29, 1.82) is 0 Å². The van der Waals surface area contributed by atoms with E-state index < -0.39 is 6.03 Å². The van der Waals surface area contributed by atoms with E-state index >= 15 is 0 Å². The number of rotatable bonds is 7. The molecule has 0 saturated heterocycles. The van der Waals surface area contributed by atoms with Crippen LogP contribution in [0.3, 0.4) is 0 Å². The van der Waals surface area contributed by atoms with E-state index in [1.807, 2.05) is 0 Å². The lowest BCUT2D eigenvalue weighted by molar-refractivity contribution is 0.242. The van der Waals surface area contributed by atoms with Crippen LogP contribution < -0.4 is 16.2 Å². The van der Waals surface area contributed by atoms with Gasteiger partial charge in [-0.2, -0.15) is 4.98 Å². The van der Waals surface area contributed by atoms with Gasteiger partial charge in [-0.3, -0.25) is 15.4 Å². The minimum atomic E-state index is -0.437. The Labute approximate surface area is 175 Å². The Balaban J connectivity index is 1.20. The predicted octanol–water partition coefficient (Wildman–Crippen LogP) is 2.23. The zero-order valence-corrected chi connectivity index (χ0v) is 16.2. The zero-order chi connectivity index (χ0) is 20.8. The van der Waals surface area contributed by atoms with E-state index in [4.69, 9.17) is 16.1 Å². The Bertz CT molecular complexity index is 1100. The number of carbonyl (C=O) groups is 1. The molecule has 4 aromatic rings. The molecule has 2 amide bonds. The molecular formula is C18H16ClN9O2. The maximum Gasteiger partial charge on any atom is 0.333 e. The molecule has 0 spiro atoms. The molecule has 0 aliphatic rings. The van der Waals surface area contributed by atoms with Gasteiger partial charge >= 0.3 is 6.03 Å². The van der Waals surface area contributed by atoms with Crippen LogP contribution in [-0.2, 0) is 6.42 Å². The number of nitrogens with zero attached hydrogens (tertiary/aromatic N) is 6. The summed E-state index contributed by atoms with van der Waals surface area (Å²) in [6.07, 6.45) is 5.40. The normalized spacial score (nSPS) is 10.6. The highest BCUT2D eigenvalue weighted by molar-refractivity contribution is 6.30. The second kappa shape index (κ2) is 9.01. The van der Waals surface area contributed by atoms with E-state index in [1.54, 1.807) is 59.7 Å². The summed E-state index contributed by atoms with van der Waals surface area (Å²) in [6.45, 7) is 0.307. The van der Waals surface area contributed by atoms with Crippen molar-refractivity contribution >= 4 is 23.4 Å². The molecule has 152 valence electrons. The number of nitrogens with one attached hydrogen (secondary N) is 3. The molecule has 11 nitrogen and oxygen atoms in total. The molecule has 0 radical (unpaired) electrons. The van der Waals surface area contributed by atoms with Gasteiger partial charge in [0.15, 0.2) is 11.6 Å². The van der Waals surface area contributed by atoms with Crippen LogP contribution in [0.25, 0.3) is 17.2 Å². The molecule has 1 aromatic carbocycles. The predicted molar refractivity (Wildman–Crippen MR) is 108 cm³/mol. The summed E-state index contributed by atoms with van der Waals surface area (Å²) in [5.41, 5.74) is 5.94. The fourth-order valence-corrected chi connectivity index (χ4v) is 2.57. The van der Waals surface area contributed by atoms with Gasteiger partial charge in [-0.25, -0.2) is 9.78 Å². The van der Waals surface area contributed by atoms with Crippen LogP contribution in [0, 0.1) is 0 Å². The van der Waals surface area contributed by atoms with Crippen LogP contribution in [0.4, 0.5) is 10.6 Å². The number of anilines is 1. The van der Waals surface area contributed by atoms with Crippen LogP contribution in [0.1, 0.15) is 5.89 Å². The monoisotopic (exact) mass is 425 g/mol. The molecule has 0 saturated carbocycles. The van der Waals surface area contributed by atoms with Crippen molar-refractivity contribution in [2.45, 2.75) is 6.42 Å². The number of aromatic nitrogens is 6. The average Bonchev–Trinajstić information content (AvgIpc) is 3.46. The number of imidazole rings is 1. The van der Waals surface area contributed by atoms with E-state index in [1.165, 1.54) is 0 Å². The summed E-state index contributed by atoms with van der Waals surface area (Å²) >= 11 is 5.87. The molecule has 0 fully saturated rings. The van der Waals surface area contributed by atoms with Gasteiger partial charge < -0.3 is 9.84 Å². The van der Waals surface area contributed by atoms with Crippen LogP contribution in [0.15, 0.2) is 59.6 Å². The molecule has 0 bridgehead atoms. The maximum absolute atomic E-state index is 11.9. The number of hydrogen-bond acceptors (Lipinski definition) is 8. The van der Waals surface area contributed by atoms with Crippen LogP contribution in [0.5, 0.6) is 0 Å². The topological polar surface area (TPSA) is 136 Å². The standard InChI is InChI=1S/C18H16ClN9O2/c19-13-3-1-12(2-4-13)17-22-16(30-27-17)7-8-21-18(29)26-24-14-5-6-15(25-23-14)28-10-9-20-11-28/h1-6,9-11H,7-8H2,(H,23,24)(H2,21,26,29). The third-order valence-corrected chi connectivity index (χ3v) is 4.17. The molecule has 3 heterocycles. The third-order valence-electron chi connectivity index (χ3n) is 3.92. The summed E-state index contributed by atoms with van der Waals surface area (Å²) in [5, 5.41) is 15.2. The lowest BCUT2D eigenvalue weighted by atomic mass is 10.2. The number of hydrogen-bond donors (Lipinski definition) is 3. The number of halogens is 1. The maximum atomic E-state index is 11.9. The first kappa shape index (κ1) is 19.3. The second-order valence-electron chi connectivity index (χ2n) is 6.02. The van der Waals surface area contributed by atoms with E-state index in [0.717, 1.165) is 5.56 Å². The average molecular weight is 426 g/mol. The minimum absolute atomic E-state index is 0.307. The second-order valence-corrected chi connectivity index (χ2v) is 6.46. The summed E-state index contributed by atoms with van der Waals surface area (Å²) in [4.78, 5) is 20.1. The third kappa shape index (κ3) is 4.89. The van der Waals surface area contributed by atoms with Gasteiger partial charge in [0.25, 0.3) is 0 Å². The highest BCUT2D eigenvalue weighted by atomic mass is 35.5. The largest absolute Gasteiger partial charge is 0.339 e. The van der Waals surface area contributed by atoms with Crippen molar-refractivity contribution in [3.63, 3.8) is 0 Å². The molecule has 0 unspecified atom stereocenters. The lowest BCUT2D eigenvalue weighted by Gasteiger charge is -2.08. The van der Waals surface area contributed by atoms with E-state index in [-0.39, 0.29) is 0 Å². The molecule has 4 rings (SSSR count). The van der Waals surface area contributed by atoms with E-state index in [9.17, 15) is 4.79 Å². The van der Waals surface area contributed by atoms with Crippen LogP contribution >= 0.6 is 11.6 Å². The van der Waals surface area contributed by atoms with Gasteiger partial charge in [0, 0.05) is 35.9 Å². The molecule has 0 atom stereocenters. The first-order valence-electron chi connectivity index (χ1n) is 8.88. The Kier molecular flexibility index (Phi) is 5.80. The van der Waals surface area contributed by atoms with Crippen molar-refractivity contribution in [1.82, 2.24) is 40.6 Å². The molecule has 0 aliphatic carbocycles. The number of benzene rings is 1. The van der Waals surface area contributed by atoms with Crippen LogP contribution in [-0.4, -0.2) is 42.5 Å². The molecule has 12 heteroatoms. The summed E-state index contributed by atoms with van der Waals surface area (Å²) < 4.78 is 6.91.